The van der Waals surface area contributed by atoms with Gasteiger partial charge in [-0.1, -0.05) is 137 Å². The van der Waals surface area contributed by atoms with Crippen molar-refractivity contribution in [2.24, 2.45) is 0 Å². The number of rotatable bonds is 13. The maximum Gasteiger partial charge on any atom is 0.0478 e. The van der Waals surface area contributed by atoms with Crippen molar-refractivity contribution >= 4 is 0 Å². The summed E-state index contributed by atoms with van der Waals surface area (Å²) in [6, 6.07) is 8.90. The zero-order valence-electron chi connectivity index (χ0n) is 25.7. The van der Waals surface area contributed by atoms with Crippen molar-refractivity contribution in [2.75, 3.05) is 0 Å². The molecular weight excluding hydrogens is 422 g/mol. The molecule has 1 nitrogen and oxygen atoms in total. The van der Waals surface area contributed by atoms with E-state index in [1.165, 1.54) is 48.8 Å². The number of unbranched alkanes of at least 4 members (excludes halogenated alkanes) is 4. The van der Waals surface area contributed by atoms with Crippen molar-refractivity contribution in [3.05, 3.63) is 83.2 Å². The van der Waals surface area contributed by atoms with Crippen LogP contribution in [-0.4, -0.2) is 4.90 Å². The van der Waals surface area contributed by atoms with E-state index in [0.29, 0.717) is 0 Å². The fraction of sp³-hybridized carbons (Fsp3) is 0.588. The Morgan fingerprint density at radius 3 is 1.43 bits per heavy atom. The van der Waals surface area contributed by atoms with Crippen molar-refractivity contribution in [3.8, 4) is 0 Å². The van der Waals surface area contributed by atoms with Gasteiger partial charge >= 0.3 is 0 Å². The molecule has 0 bridgehead atoms. The summed E-state index contributed by atoms with van der Waals surface area (Å²) in [5.74, 6) is 0. The van der Waals surface area contributed by atoms with Gasteiger partial charge in [0.05, 0.1) is 0 Å². The second kappa shape index (κ2) is 25.1. The van der Waals surface area contributed by atoms with Gasteiger partial charge in [0.15, 0.2) is 0 Å². The van der Waals surface area contributed by atoms with Gasteiger partial charge in [0.2, 0.25) is 0 Å². The first-order valence-electron chi connectivity index (χ1n) is 14.3. The van der Waals surface area contributed by atoms with E-state index in [1.807, 2.05) is 27.7 Å². The van der Waals surface area contributed by atoms with Gasteiger partial charge in [-0.3, -0.25) is 0 Å². The van der Waals surface area contributed by atoms with Crippen molar-refractivity contribution in [1.82, 2.24) is 4.90 Å². The molecule has 1 heteroatoms. The molecule has 1 rings (SSSR count). The molecule has 0 aliphatic rings. The highest BCUT2D eigenvalue weighted by Crippen LogP contribution is 2.29. The van der Waals surface area contributed by atoms with Crippen LogP contribution >= 0.6 is 0 Å². The topological polar surface area (TPSA) is 3.24 Å². The Hall–Kier alpha value is -2.02. The van der Waals surface area contributed by atoms with Gasteiger partial charge < -0.3 is 4.90 Å². The standard InChI is InChI=1S/C24H35N.C6H14.2C2H6/c1-9-11-12-20(7)25(24(19(5)6)21(8)18(3)4)17-23-15-13-22(10-2)14-16-23;1-3-5-6-4-2;2*1-2/h13-16H,3,5,7,9-12,17H2,1-2,4,6,8H3;3-6H2,1-2H3;2*1-2H3/b24-21+;;;. The zero-order chi connectivity index (χ0) is 27.8. The molecule has 0 atom stereocenters. The fourth-order valence-corrected chi connectivity index (χ4v) is 3.38. The summed E-state index contributed by atoms with van der Waals surface area (Å²) in [5, 5.41) is 0. The normalized spacial score (nSPS) is 10.3. The lowest BCUT2D eigenvalue weighted by Gasteiger charge is -2.32. The molecule has 35 heavy (non-hydrogen) atoms. The Morgan fingerprint density at radius 2 is 1.09 bits per heavy atom. The number of allylic oxidation sites excluding steroid dienone is 4. The summed E-state index contributed by atoms with van der Waals surface area (Å²) in [6.45, 7) is 36.7. The Labute approximate surface area is 222 Å². The Morgan fingerprint density at radius 1 is 0.657 bits per heavy atom. The highest BCUT2D eigenvalue weighted by molar-refractivity contribution is 5.41. The predicted molar refractivity (Wildman–Crippen MR) is 165 cm³/mol. The Bertz CT molecular complexity index is 699. The molecule has 1 aromatic carbocycles. The molecule has 0 aromatic heterocycles. The van der Waals surface area contributed by atoms with Crippen LogP contribution in [0, 0.1) is 0 Å². The third kappa shape index (κ3) is 17.1. The highest BCUT2D eigenvalue weighted by Gasteiger charge is 2.17. The van der Waals surface area contributed by atoms with E-state index in [-0.39, 0.29) is 0 Å². The lowest BCUT2D eigenvalue weighted by molar-refractivity contribution is 0.404. The molecule has 0 amide bonds. The smallest absolute Gasteiger partial charge is 0.0478 e. The summed E-state index contributed by atoms with van der Waals surface area (Å²) < 4.78 is 0. The molecule has 202 valence electrons. The summed E-state index contributed by atoms with van der Waals surface area (Å²) in [6.07, 6.45) is 9.93. The lowest BCUT2D eigenvalue weighted by Crippen LogP contribution is -2.23. The fourth-order valence-electron chi connectivity index (χ4n) is 3.38. The van der Waals surface area contributed by atoms with Gasteiger partial charge in [0.25, 0.3) is 0 Å². The monoisotopic (exact) mass is 483 g/mol. The van der Waals surface area contributed by atoms with Crippen LogP contribution in [0.3, 0.4) is 0 Å². The van der Waals surface area contributed by atoms with Crippen LogP contribution in [0.1, 0.15) is 132 Å². The Balaban J connectivity index is -0.000000875. The molecule has 0 spiro atoms. The molecular formula is C34H61N. The predicted octanol–water partition coefficient (Wildman–Crippen LogP) is 11.8. The first-order valence-corrected chi connectivity index (χ1v) is 14.3. The molecule has 0 N–H and O–H groups in total. The highest BCUT2D eigenvalue weighted by atomic mass is 15.1. The number of aryl methyl sites for hydroxylation is 1. The van der Waals surface area contributed by atoms with E-state index in [9.17, 15) is 0 Å². The molecule has 0 fully saturated rings. The van der Waals surface area contributed by atoms with E-state index in [2.05, 4.69) is 97.4 Å². The second-order valence-electron chi connectivity index (χ2n) is 8.67. The Kier molecular flexibility index (Phi) is 26.9. The van der Waals surface area contributed by atoms with E-state index >= 15 is 0 Å². The van der Waals surface area contributed by atoms with Crippen LogP contribution in [0.15, 0.2) is 72.1 Å². The number of benzene rings is 1. The first-order chi connectivity index (χ1) is 16.7. The van der Waals surface area contributed by atoms with Gasteiger partial charge in [-0.2, -0.15) is 0 Å². The minimum atomic E-state index is 0.819. The van der Waals surface area contributed by atoms with Crippen LogP contribution in [0.25, 0.3) is 0 Å². The van der Waals surface area contributed by atoms with Gasteiger partial charge in [-0.15, -0.1) is 0 Å². The molecule has 0 unspecified atom stereocenters. The average molecular weight is 484 g/mol. The van der Waals surface area contributed by atoms with E-state index < -0.39 is 0 Å². The molecule has 0 aliphatic carbocycles. The van der Waals surface area contributed by atoms with Crippen LogP contribution in [0.5, 0.6) is 0 Å². The maximum atomic E-state index is 4.39. The van der Waals surface area contributed by atoms with Gasteiger partial charge in [-0.05, 0) is 62.3 Å². The van der Waals surface area contributed by atoms with E-state index in [1.54, 1.807) is 0 Å². The zero-order valence-corrected chi connectivity index (χ0v) is 25.7. The first kappa shape index (κ1) is 37.5. The minimum Gasteiger partial charge on any atom is -0.341 e. The summed E-state index contributed by atoms with van der Waals surface area (Å²) >= 11 is 0. The largest absolute Gasteiger partial charge is 0.341 e. The van der Waals surface area contributed by atoms with Gasteiger partial charge in [0, 0.05) is 17.9 Å². The number of nitrogens with zero attached hydrogens (tertiary/aromatic N) is 1. The van der Waals surface area contributed by atoms with Crippen molar-refractivity contribution in [1.29, 1.82) is 0 Å². The maximum absolute atomic E-state index is 4.39. The van der Waals surface area contributed by atoms with Crippen LogP contribution < -0.4 is 0 Å². The molecule has 0 aliphatic heterocycles. The van der Waals surface area contributed by atoms with Crippen LogP contribution in [-0.2, 0) is 13.0 Å². The van der Waals surface area contributed by atoms with Crippen molar-refractivity contribution in [2.45, 2.75) is 134 Å². The third-order valence-corrected chi connectivity index (χ3v) is 5.60. The second-order valence-corrected chi connectivity index (χ2v) is 8.67. The third-order valence-electron chi connectivity index (χ3n) is 5.60. The quantitative estimate of drug-likeness (QED) is 0.199. The minimum absolute atomic E-state index is 0.819. The number of hydrogen-bond donors (Lipinski definition) is 0. The van der Waals surface area contributed by atoms with E-state index in [0.717, 1.165) is 48.3 Å². The SMILES string of the molecule is C=C(C)/C(C)=C(\C(=C)C)N(Cc1ccc(CC)cc1)C(=C)CCCC.CC.CC.CCCCCC. The molecule has 1 aromatic rings. The van der Waals surface area contributed by atoms with E-state index in [4.69, 9.17) is 0 Å². The van der Waals surface area contributed by atoms with Gasteiger partial charge in [0.1, 0.15) is 0 Å². The van der Waals surface area contributed by atoms with Crippen LogP contribution in [0.4, 0.5) is 0 Å². The molecule has 0 radical (unpaired) electrons. The lowest BCUT2D eigenvalue weighted by atomic mass is 10.0. The average Bonchev–Trinajstić information content (AvgIpc) is 2.88. The molecule has 0 saturated carbocycles. The summed E-state index contributed by atoms with van der Waals surface area (Å²) in [5.41, 5.74) is 8.30. The van der Waals surface area contributed by atoms with Crippen molar-refractivity contribution in [3.63, 3.8) is 0 Å². The van der Waals surface area contributed by atoms with Gasteiger partial charge in [-0.25, -0.2) is 0 Å². The van der Waals surface area contributed by atoms with Crippen LogP contribution in [0.2, 0.25) is 0 Å². The van der Waals surface area contributed by atoms with Crippen molar-refractivity contribution < 1.29 is 0 Å². The number of hydrogen-bond acceptors (Lipinski definition) is 1. The summed E-state index contributed by atoms with van der Waals surface area (Å²) in [4.78, 5) is 2.34. The molecule has 0 saturated heterocycles. The molecule has 0 heterocycles. The summed E-state index contributed by atoms with van der Waals surface area (Å²) in [7, 11) is 0.